The van der Waals surface area contributed by atoms with Crippen LogP contribution in [-0.2, 0) is 4.79 Å². The molecule has 2 rings (SSSR count). The molecule has 0 saturated heterocycles. The molecule has 18 heavy (non-hydrogen) atoms. The van der Waals surface area contributed by atoms with Crippen molar-refractivity contribution in [2.45, 2.75) is 25.3 Å². The Balaban J connectivity index is 2.16. The molecule has 6 heteroatoms. The van der Waals surface area contributed by atoms with Crippen molar-refractivity contribution in [1.82, 2.24) is 0 Å². The molecule has 6 nitrogen and oxygen atoms in total. The number of carboxylic acid groups (broad SMARTS) is 1. The van der Waals surface area contributed by atoms with E-state index in [4.69, 9.17) is 5.11 Å². The van der Waals surface area contributed by atoms with Crippen LogP contribution in [0.5, 0.6) is 0 Å². The summed E-state index contributed by atoms with van der Waals surface area (Å²) < 4.78 is 0. The van der Waals surface area contributed by atoms with Gasteiger partial charge in [-0.2, -0.15) is 0 Å². The standard InChI is InChI=1S/C12H14N2O4/c15-12(16)6-7-13(9-4-5-9)10-2-1-3-11(8-10)14(17)18/h1-3,8-9H,4-7H2,(H,15,16). The normalized spacial score (nSPS) is 14.2. The Morgan fingerprint density at radius 1 is 1.50 bits per heavy atom. The van der Waals surface area contributed by atoms with Gasteiger partial charge in [0.15, 0.2) is 0 Å². The quantitative estimate of drug-likeness (QED) is 0.617. The summed E-state index contributed by atoms with van der Waals surface area (Å²) in [5, 5.41) is 19.4. The molecule has 0 aliphatic heterocycles. The number of nitro benzene ring substituents is 1. The van der Waals surface area contributed by atoms with Crippen molar-refractivity contribution < 1.29 is 14.8 Å². The maximum absolute atomic E-state index is 10.7. The molecular weight excluding hydrogens is 236 g/mol. The lowest BCUT2D eigenvalue weighted by Gasteiger charge is -2.23. The second-order valence-corrected chi connectivity index (χ2v) is 4.35. The lowest BCUT2D eigenvalue weighted by molar-refractivity contribution is -0.384. The molecule has 0 amide bonds. The summed E-state index contributed by atoms with van der Waals surface area (Å²) in [6, 6.07) is 6.68. The molecule has 0 bridgehead atoms. The van der Waals surface area contributed by atoms with Crippen LogP contribution in [0.1, 0.15) is 19.3 Å². The van der Waals surface area contributed by atoms with Gasteiger partial charge >= 0.3 is 5.97 Å². The van der Waals surface area contributed by atoms with Gasteiger partial charge in [0, 0.05) is 30.4 Å². The number of rotatable bonds is 6. The first-order valence-corrected chi connectivity index (χ1v) is 5.81. The van der Waals surface area contributed by atoms with Crippen molar-refractivity contribution in [1.29, 1.82) is 0 Å². The van der Waals surface area contributed by atoms with Gasteiger partial charge in [-0.05, 0) is 18.9 Å². The van der Waals surface area contributed by atoms with Crippen LogP contribution < -0.4 is 4.90 Å². The summed E-state index contributed by atoms with van der Waals surface area (Å²) in [6.07, 6.45) is 2.07. The third-order valence-corrected chi connectivity index (χ3v) is 2.93. The topological polar surface area (TPSA) is 83.7 Å². The lowest BCUT2D eigenvalue weighted by atomic mass is 10.2. The Labute approximate surface area is 104 Å². The highest BCUT2D eigenvalue weighted by Gasteiger charge is 2.30. The number of carboxylic acids is 1. The third-order valence-electron chi connectivity index (χ3n) is 2.93. The van der Waals surface area contributed by atoms with Gasteiger partial charge in [-0.15, -0.1) is 0 Å². The highest BCUT2D eigenvalue weighted by Crippen LogP contribution is 2.33. The van der Waals surface area contributed by atoms with E-state index in [-0.39, 0.29) is 12.1 Å². The molecule has 0 aromatic heterocycles. The van der Waals surface area contributed by atoms with Crippen LogP contribution in [0.25, 0.3) is 0 Å². The molecule has 1 fully saturated rings. The highest BCUT2D eigenvalue weighted by molar-refractivity contribution is 5.68. The van der Waals surface area contributed by atoms with Gasteiger partial charge in [0.25, 0.3) is 5.69 Å². The SMILES string of the molecule is O=C(O)CCN(c1cccc([N+](=O)[O-])c1)C1CC1. The van der Waals surface area contributed by atoms with Gasteiger partial charge in [-0.1, -0.05) is 6.07 Å². The zero-order valence-electron chi connectivity index (χ0n) is 9.78. The smallest absolute Gasteiger partial charge is 0.305 e. The molecule has 96 valence electrons. The van der Waals surface area contributed by atoms with Crippen LogP contribution in [-0.4, -0.2) is 28.6 Å². The van der Waals surface area contributed by atoms with Crippen LogP contribution in [0.2, 0.25) is 0 Å². The van der Waals surface area contributed by atoms with Crippen LogP contribution in [0.3, 0.4) is 0 Å². The molecule has 1 N–H and O–H groups in total. The molecule has 0 unspecified atom stereocenters. The number of carbonyl (C=O) groups is 1. The molecule has 0 atom stereocenters. The first kappa shape index (κ1) is 12.3. The number of hydrogen-bond acceptors (Lipinski definition) is 4. The summed E-state index contributed by atoms with van der Waals surface area (Å²) in [4.78, 5) is 22.8. The molecule has 1 aliphatic carbocycles. The van der Waals surface area contributed by atoms with Crippen LogP contribution >= 0.6 is 0 Å². The van der Waals surface area contributed by atoms with E-state index in [2.05, 4.69) is 0 Å². The molecule has 1 aliphatic rings. The maximum Gasteiger partial charge on any atom is 0.305 e. The molecule has 0 radical (unpaired) electrons. The van der Waals surface area contributed by atoms with Gasteiger partial charge in [-0.3, -0.25) is 14.9 Å². The second-order valence-electron chi connectivity index (χ2n) is 4.35. The Bertz CT molecular complexity index is 471. The van der Waals surface area contributed by atoms with Crippen molar-refractivity contribution in [2.75, 3.05) is 11.4 Å². The number of nitrogens with zero attached hydrogens (tertiary/aromatic N) is 2. The molecule has 1 aromatic carbocycles. The van der Waals surface area contributed by atoms with Crippen molar-refractivity contribution in [3.63, 3.8) is 0 Å². The molecule has 0 spiro atoms. The Morgan fingerprint density at radius 2 is 2.22 bits per heavy atom. The van der Waals surface area contributed by atoms with E-state index in [0.29, 0.717) is 12.6 Å². The monoisotopic (exact) mass is 250 g/mol. The van der Waals surface area contributed by atoms with E-state index < -0.39 is 10.9 Å². The van der Waals surface area contributed by atoms with Crippen molar-refractivity contribution in [3.8, 4) is 0 Å². The average molecular weight is 250 g/mol. The van der Waals surface area contributed by atoms with E-state index in [1.165, 1.54) is 12.1 Å². The highest BCUT2D eigenvalue weighted by atomic mass is 16.6. The predicted octanol–water partition coefficient (Wildman–Crippen LogP) is 2.04. The number of aliphatic carboxylic acids is 1. The number of benzene rings is 1. The molecule has 1 aromatic rings. The van der Waals surface area contributed by atoms with E-state index in [1.54, 1.807) is 12.1 Å². The number of non-ortho nitro benzene ring substituents is 1. The Hall–Kier alpha value is -2.11. The first-order chi connectivity index (χ1) is 8.58. The minimum Gasteiger partial charge on any atom is -0.481 e. The summed E-state index contributed by atoms with van der Waals surface area (Å²) in [7, 11) is 0. The maximum atomic E-state index is 10.7. The molecular formula is C12H14N2O4. The van der Waals surface area contributed by atoms with E-state index in [9.17, 15) is 14.9 Å². The van der Waals surface area contributed by atoms with Crippen LogP contribution in [0, 0.1) is 10.1 Å². The summed E-state index contributed by atoms with van der Waals surface area (Å²) >= 11 is 0. The second kappa shape index (κ2) is 5.03. The third kappa shape index (κ3) is 2.97. The number of nitro groups is 1. The predicted molar refractivity (Wildman–Crippen MR) is 65.7 cm³/mol. The fourth-order valence-electron chi connectivity index (χ4n) is 1.91. The largest absolute Gasteiger partial charge is 0.481 e. The van der Waals surface area contributed by atoms with Gasteiger partial charge in [0.05, 0.1) is 11.3 Å². The number of anilines is 1. The van der Waals surface area contributed by atoms with E-state index in [0.717, 1.165) is 18.5 Å². The van der Waals surface area contributed by atoms with Crippen LogP contribution in [0.4, 0.5) is 11.4 Å². The lowest BCUT2D eigenvalue weighted by Crippen LogP contribution is -2.28. The molecule has 1 saturated carbocycles. The Morgan fingerprint density at radius 3 is 2.78 bits per heavy atom. The zero-order chi connectivity index (χ0) is 13.1. The summed E-state index contributed by atoms with van der Waals surface area (Å²) in [6.45, 7) is 0.390. The van der Waals surface area contributed by atoms with Crippen molar-refractivity contribution in [3.05, 3.63) is 34.4 Å². The molecule has 0 heterocycles. The van der Waals surface area contributed by atoms with Gasteiger partial charge in [0.1, 0.15) is 0 Å². The zero-order valence-corrected chi connectivity index (χ0v) is 9.78. The minimum atomic E-state index is -0.855. The minimum absolute atomic E-state index is 0.0356. The average Bonchev–Trinajstić information content (AvgIpc) is 3.14. The fraction of sp³-hybridized carbons (Fsp3) is 0.417. The van der Waals surface area contributed by atoms with E-state index in [1.807, 2.05) is 4.90 Å². The van der Waals surface area contributed by atoms with Crippen molar-refractivity contribution >= 4 is 17.3 Å². The Kier molecular flexibility index (Phi) is 3.45. The van der Waals surface area contributed by atoms with Gasteiger partial charge < -0.3 is 10.0 Å². The van der Waals surface area contributed by atoms with Gasteiger partial charge in [-0.25, -0.2) is 0 Å². The van der Waals surface area contributed by atoms with Crippen LogP contribution in [0.15, 0.2) is 24.3 Å². The first-order valence-electron chi connectivity index (χ1n) is 5.81. The van der Waals surface area contributed by atoms with Crippen molar-refractivity contribution in [2.24, 2.45) is 0 Å². The van der Waals surface area contributed by atoms with E-state index >= 15 is 0 Å². The number of hydrogen-bond donors (Lipinski definition) is 1. The summed E-state index contributed by atoms with van der Waals surface area (Å²) in [5.74, 6) is -0.855. The fourth-order valence-corrected chi connectivity index (χ4v) is 1.91. The van der Waals surface area contributed by atoms with Gasteiger partial charge in [0.2, 0.25) is 0 Å². The summed E-state index contributed by atoms with van der Waals surface area (Å²) in [5.41, 5.74) is 0.765.